The molecule has 1 saturated heterocycles. The van der Waals surface area contributed by atoms with Crippen LogP contribution in [0.3, 0.4) is 0 Å². The van der Waals surface area contributed by atoms with Crippen LogP contribution in [0.15, 0.2) is 29.3 Å². The van der Waals surface area contributed by atoms with E-state index >= 15 is 0 Å². The van der Waals surface area contributed by atoms with Crippen LogP contribution in [0.25, 0.3) is 0 Å². The lowest BCUT2D eigenvalue weighted by atomic mass is 9.89. The molecule has 3 heterocycles. The minimum absolute atomic E-state index is 0.0406. The molecule has 4 rings (SSSR count). The molecule has 1 unspecified atom stereocenters. The molecule has 36 heavy (non-hydrogen) atoms. The maximum Gasteiger partial charge on any atom is 0.338 e. The van der Waals surface area contributed by atoms with Gasteiger partial charge in [0.15, 0.2) is 0 Å². The van der Waals surface area contributed by atoms with Crippen LogP contribution in [0.4, 0.5) is 5.69 Å². The average molecular weight is 519 g/mol. The molecule has 196 valence electrons. The van der Waals surface area contributed by atoms with Crippen molar-refractivity contribution in [2.45, 2.75) is 39.7 Å². The maximum atomic E-state index is 13.4. The number of hydrogen-bond acceptors (Lipinski definition) is 7. The van der Waals surface area contributed by atoms with Crippen molar-refractivity contribution >= 4 is 33.7 Å². The van der Waals surface area contributed by atoms with Gasteiger partial charge in [-0.25, -0.2) is 9.69 Å². The first kappa shape index (κ1) is 26.5. The normalized spacial score (nSPS) is 20.5. The first-order valence-electron chi connectivity index (χ1n) is 12.4. The van der Waals surface area contributed by atoms with Crippen LogP contribution in [0, 0.1) is 5.92 Å². The topological polar surface area (TPSA) is 108 Å². The minimum atomic E-state index is -3.39. The zero-order valence-corrected chi connectivity index (χ0v) is 22.1. The van der Waals surface area contributed by atoms with Gasteiger partial charge in [-0.15, -0.1) is 0 Å². The molecule has 1 aromatic rings. The van der Waals surface area contributed by atoms with Crippen molar-refractivity contribution < 1.29 is 27.5 Å². The van der Waals surface area contributed by atoms with E-state index in [0.717, 1.165) is 25.8 Å². The molecular formula is C25H34N4O6S. The molecule has 2 amide bonds. The van der Waals surface area contributed by atoms with Crippen molar-refractivity contribution in [3.63, 3.8) is 0 Å². The number of fused-ring (bicyclic) bond motifs is 1. The number of benzene rings is 1. The number of ether oxygens (including phenoxy) is 1. The summed E-state index contributed by atoms with van der Waals surface area (Å²) in [6.07, 6.45) is 2.34. The number of piperazine rings is 1. The predicted octanol–water partition coefficient (Wildman–Crippen LogP) is 1.78. The second-order valence-corrected chi connectivity index (χ2v) is 11.8. The van der Waals surface area contributed by atoms with Crippen LogP contribution in [0.2, 0.25) is 0 Å². The van der Waals surface area contributed by atoms with Gasteiger partial charge in [0, 0.05) is 57.0 Å². The lowest BCUT2D eigenvalue weighted by Crippen LogP contribution is -2.51. The zero-order valence-electron chi connectivity index (χ0n) is 21.3. The molecule has 0 saturated carbocycles. The number of carbonyl (C=O) groups is 3. The van der Waals surface area contributed by atoms with Crippen molar-refractivity contribution in [1.29, 1.82) is 0 Å². The number of rotatable bonds is 9. The summed E-state index contributed by atoms with van der Waals surface area (Å²) in [6, 6.07) is 4.91. The van der Waals surface area contributed by atoms with E-state index in [9.17, 15) is 22.8 Å². The first-order valence-corrected chi connectivity index (χ1v) is 13.8. The van der Waals surface area contributed by atoms with Crippen LogP contribution >= 0.6 is 0 Å². The van der Waals surface area contributed by atoms with Gasteiger partial charge in [0.05, 0.1) is 11.3 Å². The highest BCUT2D eigenvalue weighted by Crippen LogP contribution is 2.36. The standard InChI is InChI=1S/C25H34N4O6S/c1-5-18(7-6-10-27-11-13-28(14-12-27)36(33,34)26(3)4)22-17(2)23(30)29(24(22)31)20-8-9-21-19(15-20)16-35-25(21)32/h8-9,15,18H,5-7,10-14,16H2,1-4H3. The summed E-state index contributed by atoms with van der Waals surface area (Å²) in [5, 5.41) is 0. The van der Waals surface area contributed by atoms with Gasteiger partial charge >= 0.3 is 5.97 Å². The number of carbonyl (C=O) groups excluding carboxylic acids is 3. The Morgan fingerprint density at radius 1 is 1.06 bits per heavy atom. The van der Waals surface area contributed by atoms with Gasteiger partial charge in [-0.3, -0.25) is 9.59 Å². The number of imide groups is 1. The Kier molecular flexibility index (Phi) is 7.65. The van der Waals surface area contributed by atoms with E-state index in [2.05, 4.69) is 4.90 Å². The number of nitrogens with zero attached hydrogens (tertiary/aromatic N) is 4. The molecule has 0 spiro atoms. The predicted molar refractivity (Wildman–Crippen MR) is 134 cm³/mol. The minimum Gasteiger partial charge on any atom is -0.457 e. The molecule has 0 N–H and O–H groups in total. The van der Waals surface area contributed by atoms with Crippen molar-refractivity contribution in [3.8, 4) is 0 Å². The molecule has 1 atom stereocenters. The molecule has 3 aliphatic heterocycles. The van der Waals surface area contributed by atoms with Gasteiger partial charge in [-0.05, 0) is 56.8 Å². The molecule has 11 heteroatoms. The van der Waals surface area contributed by atoms with Gasteiger partial charge in [0.25, 0.3) is 22.0 Å². The van der Waals surface area contributed by atoms with Gasteiger partial charge < -0.3 is 9.64 Å². The molecule has 1 fully saturated rings. The summed E-state index contributed by atoms with van der Waals surface area (Å²) < 4.78 is 32.4. The van der Waals surface area contributed by atoms with E-state index in [1.807, 2.05) is 6.92 Å². The summed E-state index contributed by atoms with van der Waals surface area (Å²) >= 11 is 0. The van der Waals surface area contributed by atoms with Crippen LogP contribution in [-0.4, -0.2) is 86.5 Å². The molecule has 0 aliphatic carbocycles. The van der Waals surface area contributed by atoms with Crippen molar-refractivity contribution in [2.24, 2.45) is 5.92 Å². The van der Waals surface area contributed by atoms with Gasteiger partial charge in [-0.2, -0.15) is 17.0 Å². The third-order valence-electron chi connectivity index (χ3n) is 7.33. The van der Waals surface area contributed by atoms with Crippen molar-refractivity contribution in [1.82, 2.24) is 13.5 Å². The van der Waals surface area contributed by atoms with E-state index in [-0.39, 0.29) is 24.3 Å². The number of esters is 1. The van der Waals surface area contributed by atoms with E-state index in [0.29, 0.717) is 54.1 Å². The van der Waals surface area contributed by atoms with E-state index < -0.39 is 16.2 Å². The van der Waals surface area contributed by atoms with Crippen molar-refractivity contribution in [2.75, 3.05) is 51.7 Å². The number of cyclic esters (lactones) is 1. The van der Waals surface area contributed by atoms with Crippen LogP contribution in [0.1, 0.15) is 49.0 Å². The van der Waals surface area contributed by atoms with E-state index in [1.165, 1.54) is 13.5 Å². The zero-order chi connectivity index (χ0) is 26.2. The van der Waals surface area contributed by atoms with Crippen molar-refractivity contribution in [3.05, 3.63) is 40.5 Å². The first-order chi connectivity index (χ1) is 17.1. The molecule has 3 aliphatic rings. The molecule has 0 aromatic heterocycles. The van der Waals surface area contributed by atoms with Crippen LogP contribution in [0.5, 0.6) is 0 Å². The number of anilines is 1. The van der Waals surface area contributed by atoms with Gasteiger partial charge in [0.2, 0.25) is 0 Å². The smallest absolute Gasteiger partial charge is 0.338 e. The second-order valence-electron chi connectivity index (χ2n) is 9.68. The lowest BCUT2D eigenvalue weighted by molar-refractivity contribution is -0.120. The third kappa shape index (κ3) is 4.84. The van der Waals surface area contributed by atoms with Gasteiger partial charge in [-0.1, -0.05) is 6.92 Å². The molecular weight excluding hydrogens is 484 g/mol. The monoisotopic (exact) mass is 518 g/mol. The highest BCUT2D eigenvalue weighted by Gasteiger charge is 2.40. The Balaban J connectivity index is 1.36. The highest BCUT2D eigenvalue weighted by molar-refractivity contribution is 7.86. The van der Waals surface area contributed by atoms with E-state index in [1.54, 1.807) is 39.2 Å². The summed E-state index contributed by atoms with van der Waals surface area (Å²) in [7, 11) is -0.306. The third-order valence-corrected chi connectivity index (χ3v) is 9.27. The Morgan fingerprint density at radius 2 is 1.75 bits per heavy atom. The quantitative estimate of drug-likeness (QED) is 0.362. The van der Waals surface area contributed by atoms with Gasteiger partial charge in [0.1, 0.15) is 6.61 Å². The van der Waals surface area contributed by atoms with Crippen LogP contribution < -0.4 is 4.90 Å². The highest BCUT2D eigenvalue weighted by atomic mass is 32.2. The fourth-order valence-electron chi connectivity index (χ4n) is 5.16. The molecule has 10 nitrogen and oxygen atoms in total. The molecule has 0 bridgehead atoms. The molecule has 1 aromatic carbocycles. The number of hydrogen-bond donors (Lipinski definition) is 0. The number of amides is 2. The Labute approximate surface area is 212 Å². The summed E-state index contributed by atoms with van der Waals surface area (Å²) in [4.78, 5) is 41.7. The lowest BCUT2D eigenvalue weighted by Gasteiger charge is -2.35. The Hall–Kier alpha value is -2.60. The average Bonchev–Trinajstić information content (AvgIpc) is 3.33. The van der Waals surface area contributed by atoms with E-state index in [4.69, 9.17) is 4.74 Å². The Morgan fingerprint density at radius 3 is 2.39 bits per heavy atom. The Bertz CT molecular complexity index is 1200. The summed E-state index contributed by atoms with van der Waals surface area (Å²) in [5.74, 6) is -1.05. The van der Waals surface area contributed by atoms with Crippen LogP contribution in [-0.2, 0) is 31.1 Å². The second kappa shape index (κ2) is 10.4. The largest absolute Gasteiger partial charge is 0.457 e. The summed E-state index contributed by atoms with van der Waals surface area (Å²) in [6.45, 7) is 6.94. The maximum absolute atomic E-state index is 13.4. The SMILES string of the molecule is CCC(CCCN1CCN(S(=O)(=O)N(C)C)CC1)C1=C(C)C(=O)N(c2ccc3c(c2)COC3=O)C1=O. The fraction of sp³-hybridized carbons (Fsp3) is 0.560. The summed E-state index contributed by atoms with van der Waals surface area (Å²) in [5.41, 5.74) is 2.64. The molecule has 0 radical (unpaired) electrons. The fourth-order valence-corrected chi connectivity index (χ4v) is 6.25.